The summed E-state index contributed by atoms with van der Waals surface area (Å²) in [5, 5.41) is 3.69. The van der Waals surface area contributed by atoms with Gasteiger partial charge in [0.1, 0.15) is 13.2 Å². The van der Waals surface area contributed by atoms with Crippen LogP contribution < -0.4 is 14.8 Å². The molecule has 1 aromatic heterocycles. The van der Waals surface area contributed by atoms with E-state index in [9.17, 15) is 4.79 Å². The second-order valence-corrected chi connectivity index (χ2v) is 7.51. The van der Waals surface area contributed by atoms with Crippen molar-refractivity contribution < 1.29 is 14.3 Å². The van der Waals surface area contributed by atoms with Gasteiger partial charge in [-0.05, 0) is 43.2 Å². The number of imidazole rings is 1. The quantitative estimate of drug-likeness (QED) is 0.662. The van der Waals surface area contributed by atoms with Crippen LogP contribution in [0, 0.1) is 13.8 Å². The number of thioether (sulfide) groups is 1. The Morgan fingerprint density at radius 2 is 1.96 bits per heavy atom. The van der Waals surface area contributed by atoms with Gasteiger partial charge in [0.2, 0.25) is 5.91 Å². The van der Waals surface area contributed by atoms with Gasteiger partial charge in [-0.15, -0.1) is 0 Å². The van der Waals surface area contributed by atoms with E-state index in [0.29, 0.717) is 30.4 Å². The van der Waals surface area contributed by atoms with E-state index in [0.717, 1.165) is 16.4 Å². The Kier molecular flexibility index (Phi) is 5.25. The van der Waals surface area contributed by atoms with Gasteiger partial charge in [-0.3, -0.25) is 9.36 Å². The van der Waals surface area contributed by atoms with Gasteiger partial charge in [0, 0.05) is 24.1 Å². The number of nitrogens with zero attached hydrogens (tertiary/aromatic N) is 2. The Morgan fingerprint density at radius 1 is 1.14 bits per heavy atom. The molecule has 7 heteroatoms. The van der Waals surface area contributed by atoms with Crippen LogP contribution in [0.5, 0.6) is 11.5 Å². The summed E-state index contributed by atoms with van der Waals surface area (Å²) in [6.07, 6.45) is 3.67. The molecule has 0 fully saturated rings. The summed E-state index contributed by atoms with van der Waals surface area (Å²) in [6, 6.07) is 11.7. The van der Waals surface area contributed by atoms with Crippen molar-refractivity contribution >= 4 is 23.4 Å². The zero-order valence-corrected chi connectivity index (χ0v) is 16.6. The van der Waals surface area contributed by atoms with E-state index in [-0.39, 0.29) is 11.7 Å². The fourth-order valence-electron chi connectivity index (χ4n) is 3.01. The van der Waals surface area contributed by atoms with Crippen LogP contribution in [0.25, 0.3) is 5.69 Å². The van der Waals surface area contributed by atoms with Crippen LogP contribution in [-0.4, -0.2) is 34.4 Å². The lowest BCUT2D eigenvalue weighted by Gasteiger charge is -2.19. The molecule has 1 N–H and O–H groups in total. The van der Waals surface area contributed by atoms with Crippen molar-refractivity contribution in [3.05, 3.63) is 59.9 Å². The molecule has 144 valence electrons. The maximum Gasteiger partial charge on any atom is 0.234 e. The van der Waals surface area contributed by atoms with Crippen LogP contribution in [0.15, 0.2) is 53.9 Å². The number of carbonyl (C=O) groups is 1. The van der Waals surface area contributed by atoms with Crippen molar-refractivity contribution in [1.82, 2.24) is 9.55 Å². The van der Waals surface area contributed by atoms with E-state index in [1.54, 1.807) is 12.3 Å². The number of hydrogen-bond acceptors (Lipinski definition) is 5. The Labute approximate surface area is 167 Å². The minimum absolute atomic E-state index is 0.0998. The molecule has 0 saturated carbocycles. The average molecular weight is 395 g/mol. The molecule has 0 atom stereocenters. The smallest absolute Gasteiger partial charge is 0.234 e. The molecular weight excluding hydrogens is 374 g/mol. The molecule has 0 bridgehead atoms. The van der Waals surface area contributed by atoms with Gasteiger partial charge < -0.3 is 14.8 Å². The minimum Gasteiger partial charge on any atom is -0.486 e. The number of aromatic nitrogens is 2. The summed E-state index contributed by atoms with van der Waals surface area (Å²) in [5.41, 5.74) is 4.10. The van der Waals surface area contributed by atoms with Crippen molar-refractivity contribution in [3.63, 3.8) is 0 Å². The number of carbonyl (C=O) groups excluding carboxylic acids is 1. The zero-order valence-electron chi connectivity index (χ0n) is 15.8. The molecular formula is C21H21N3O3S. The third-order valence-corrected chi connectivity index (χ3v) is 5.36. The standard InChI is InChI=1S/C21H21N3O3S/c1-14-3-4-15(2)17(11-14)24-8-7-22-21(24)28-13-20(25)23-16-5-6-18-19(12-16)27-10-9-26-18/h3-8,11-12H,9-10,13H2,1-2H3,(H,23,25). The molecule has 0 radical (unpaired) electrons. The number of anilines is 1. The molecule has 0 saturated heterocycles. The normalized spacial score (nSPS) is 12.6. The fourth-order valence-corrected chi connectivity index (χ4v) is 3.77. The highest BCUT2D eigenvalue weighted by Crippen LogP contribution is 2.32. The average Bonchev–Trinajstić information content (AvgIpc) is 3.16. The Hall–Kier alpha value is -2.93. The van der Waals surface area contributed by atoms with Crippen LogP contribution in [0.4, 0.5) is 5.69 Å². The van der Waals surface area contributed by atoms with Gasteiger partial charge >= 0.3 is 0 Å². The van der Waals surface area contributed by atoms with Crippen LogP contribution >= 0.6 is 11.8 Å². The number of benzene rings is 2. The van der Waals surface area contributed by atoms with E-state index >= 15 is 0 Å². The molecule has 28 heavy (non-hydrogen) atoms. The first kappa shape index (κ1) is 18.4. The lowest BCUT2D eigenvalue weighted by atomic mass is 10.1. The van der Waals surface area contributed by atoms with Crippen LogP contribution in [-0.2, 0) is 4.79 Å². The van der Waals surface area contributed by atoms with Gasteiger partial charge in [0.15, 0.2) is 16.7 Å². The second kappa shape index (κ2) is 7.98. The SMILES string of the molecule is Cc1ccc(C)c(-n2ccnc2SCC(=O)Nc2ccc3c(c2)OCCO3)c1. The molecule has 1 aliphatic rings. The monoisotopic (exact) mass is 395 g/mol. The lowest BCUT2D eigenvalue weighted by molar-refractivity contribution is -0.113. The zero-order chi connectivity index (χ0) is 19.5. The summed E-state index contributed by atoms with van der Waals surface area (Å²) in [7, 11) is 0. The first-order valence-electron chi connectivity index (χ1n) is 9.03. The van der Waals surface area contributed by atoms with Crippen molar-refractivity contribution in [2.45, 2.75) is 19.0 Å². The van der Waals surface area contributed by atoms with Crippen molar-refractivity contribution in [1.29, 1.82) is 0 Å². The van der Waals surface area contributed by atoms with Gasteiger partial charge in [-0.1, -0.05) is 23.9 Å². The first-order valence-corrected chi connectivity index (χ1v) is 10.0. The largest absolute Gasteiger partial charge is 0.486 e. The molecule has 3 aromatic rings. The van der Waals surface area contributed by atoms with Gasteiger partial charge in [-0.2, -0.15) is 0 Å². The molecule has 1 amide bonds. The molecule has 0 aliphatic carbocycles. The summed E-state index contributed by atoms with van der Waals surface area (Å²) in [6.45, 7) is 5.19. The van der Waals surface area contributed by atoms with Crippen molar-refractivity contribution in [3.8, 4) is 17.2 Å². The van der Waals surface area contributed by atoms with Crippen LogP contribution in [0.3, 0.4) is 0 Å². The molecule has 1 aliphatic heterocycles. The Bertz CT molecular complexity index is 1020. The summed E-state index contributed by atoms with van der Waals surface area (Å²) in [5.74, 6) is 1.52. The Balaban J connectivity index is 1.42. The van der Waals surface area contributed by atoms with Crippen LogP contribution in [0.1, 0.15) is 11.1 Å². The molecule has 6 nitrogen and oxygen atoms in total. The highest BCUT2D eigenvalue weighted by atomic mass is 32.2. The number of nitrogens with one attached hydrogen (secondary N) is 1. The third kappa shape index (κ3) is 3.99. The molecule has 2 heterocycles. The summed E-state index contributed by atoms with van der Waals surface area (Å²) < 4.78 is 13.1. The van der Waals surface area contributed by atoms with E-state index in [1.807, 2.05) is 22.9 Å². The fraction of sp³-hybridized carbons (Fsp3) is 0.238. The predicted molar refractivity (Wildman–Crippen MR) is 110 cm³/mol. The molecule has 4 rings (SSSR count). The maximum atomic E-state index is 12.4. The van der Waals surface area contributed by atoms with E-state index in [2.05, 4.69) is 42.3 Å². The predicted octanol–water partition coefficient (Wildman–Crippen LogP) is 3.99. The number of aryl methyl sites for hydroxylation is 2. The van der Waals surface area contributed by atoms with E-state index < -0.39 is 0 Å². The minimum atomic E-state index is -0.0998. The maximum absolute atomic E-state index is 12.4. The molecule has 2 aromatic carbocycles. The summed E-state index contributed by atoms with van der Waals surface area (Å²) in [4.78, 5) is 16.8. The van der Waals surface area contributed by atoms with Crippen LogP contribution in [0.2, 0.25) is 0 Å². The van der Waals surface area contributed by atoms with E-state index in [4.69, 9.17) is 9.47 Å². The van der Waals surface area contributed by atoms with Gasteiger partial charge in [-0.25, -0.2) is 4.98 Å². The Morgan fingerprint density at radius 3 is 2.82 bits per heavy atom. The van der Waals surface area contributed by atoms with Gasteiger partial charge in [0.25, 0.3) is 0 Å². The van der Waals surface area contributed by atoms with Crippen molar-refractivity contribution in [2.75, 3.05) is 24.3 Å². The topological polar surface area (TPSA) is 65.4 Å². The lowest BCUT2D eigenvalue weighted by Crippen LogP contribution is -2.17. The number of ether oxygens (including phenoxy) is 2. The first-order chi connectivity index (χ1) is 13.6. The van der Waals surface area contributed by atoms with Gasteiger partial charge in [0.05, 0.1) is 11.4 Å². The second-order valence-electron chi connectivity index (χ2n) is 6.57. The number of rotatable bonds is 5. The summed E-state index contributed by atoms with van der Waals surface area (Å²) >= 11 is 1.40. The number of fused-ring (bicyclic) bond motifs is 1. The molecule has 0 spiro atoms. The highest BCUT2D eigenvalue weighted by Gasteiger charge is 2.14. The highest BCUT2D eigenvalue weighted by molar-refractivity contribution is 7.99. The number of amides is 1. The molecule has 0 unspecified atom stereocenters. The van der Waals surface area contributed by atoms with Crippen molar-refractivity contribution in [2.24, 2.45) is 0 Å². The third-order valence-electron chi connectivity index (χ3n) is 4.39. The van der Waals surface area contributed by atoms with E-state index in [1.165, 1.54) is 17.3 Å². The number of hydrogen-bond donors (Lipinski definition) is 1.